The van der Waals surface area contributed by atoms with E-state index < -0.39 is 0 Å². The number of halogens is 1. The van der Waals surface area contributed by atoms with E-state index in [0.717, 1.165) is 31.7 Å². The summed E-state index contributed by atoms with van der Waals surface area (Å²) in [6.45, 7) is 1.51. The summed E-state index contributed by atoms with van der Waals surface area (Å²) in [4.78, 5) is 10.4. The Hall–Kier alpha value is -1.33. The third-order valence-corrected chi connectivity index (χ3v) is 3.19. The predicted molar refractivity (Wildman–Crippen MR) is 64.3 cm³/mol. The summed E-state index contributed by atoms with van der Waals surface area (Å²) in [5.41, 5.74) is 1.37. The van der Waals surface area contributed by atoms with Crippen molar-refractivity contribution in [2.45, 2.75) is 18.9 Å². The average molecular weight is 254 g/mol. The number of anilines is 1. The topological polar surface area (TPSA) is 62.4 Å². The fraction of sp³-hybridized carbons (Fsp3) is 0.455. The minimum Gasteiger partial charge on any atom is -0.459 e. The Balaban J connectivity index is 2.01. The third kappa shape index (κ3) is 1.96. The molecule has 1 aliphatic heterocycles. The summed E-state index contributed by atoms with van der Waals surface area (Å²) < 4.78 is 5.40. The van der Waals surface area contributed by atoms with Gasteiger partial charge in [-0.2, -0.15) is 4.98 Å². The molecule has 5 nitrogen and oxygen atoms in total. The van der Waals surface area contributed by atoms with Gasteiger partial charge in [0.2, 0.25) is 5.28 Å². The molecule has 0 atom stereocenters. The van der Waals surface area contributed by atoms with E-state index in [9.17, 15) is 5.11 Å². The highest BCUT2D eigenvalue weighted by Gasteiger charge is 2.22. The molecule has 0 spiro atoms. The molecule has 2 aromatic rings. The first kappa shape index (κ1) is 10.8. The molecular formula is C11H12ClN3O2. The van der Waals surface area contributed by atoms with Gasteiger partial charge in [0.1, 0.15) is 5.52 Å². The molecule has 0 unspecified atom stereocenters. The van der Waals surface area contributed by atoms with Crippen LogP contribution in [0.5, 0.6) is 0 Å². The summed E-state index contributed by atoms with van der Waals surface area (Å²) in [7, 11) is 0. The lowest BCUT2D eigenvalue weighted by molar-refractivity contribution is 0.145. The summed E-state index contributed by atoms with van der Waals surface area (Å²) in [5.74, 6) is 0.719. The van der Waals surface area contributed by atoms with Crippen LogP contribution < -0.4 is 4.90 Å². The Morgan fingerprint density at radius 1 is 1.35 bits per heavy atom. The number of rotatable bonds is 1. The van der Waals surface area contributed by atoms with E-state index in [4.69, 9.17) is 16.0 Å². The lowest BCUT2D eigenvalue weighted by atomic mass is 10.1. The van der Waals surface area contributed by atoms with Crippen molar-refractivity contribution < 1.29 is 9.52 Å². The lowest BCUT2D eigenvalue weighted by Gasteiger charge is -2.30. The van der Waals surface area contributed by atoms with E-state index in [1.54, 1.807) is 12.3 Å². The number of hydrogen-bond donors (Lipinski definition) is 1. The zero-order chi connectivity index (χ0) is 11.8. The Bertz CT molecular complexity index is 534. The maximum Gasteiger partial charge on any atom is 0.225 e. The Morgan fingerprint density at radius 3 is 2.88 bits per heavy atom. The summed E-state index contributed by atoms with van der Waals surface area (Å²) in [6.07, 6.45) is 2.85. The van der Waals surface area contributed by atoms with Gasteiger partial charge in [0, 0.05) is 19.2 Å². The molecule has 1 N–H and O–H groups in total. The van der Waals surface area contributed by atoms with Crippen molar-refractivity contribution in [3.05, 3.63) is 17.6 Å². The highest BCUT2D eigenvalue weighted by atomic mass is 35.5. The maximum absolute atomic E-state index is 9.49. The van der Waals surface area contributed by atoms with Gasteiger partial charge in [0.15, 0.2) is 11.4 Å². The molecule has 0 bridgehead atoms. The van der Waals surface area contributed by atoms with Crippen molar-refractivity contribution in [2.75, 3.05) is 18.0 Å². The standard InChI is InChI=1S/C11H12ClN3O2/c12-11-13-8-3-6-17-9(8)10(14-11)15-4-1-7(16)2-5-15/h3,6-7,16H,1-2,4-5H2. The fourth-order valence-corrected chi connectivity index (χ4v) is 2.28. The van der Waals surface area contributed by atoms with Crippen molar-refractivity contribution in [1.29, 1.82) is 0 Å². The van der Waals surface area contributed by atoms with Crippen molar-refractivity contribution >= 4 is 28.5 Å². The SMILES string of the molecule is OC1CCN(c2nc(Cl)nc3ccoc23)CC1. The van der Waals surface area contributed by atoms with Crippen LogP contribution in [0.4, 0.5) is 5.82 Å². The van der Waals surface area contributed by atoms with Crippen LogP contribution in [-0.4, -0.2) is 34.3 Å². The van der Waals surface area contributed by atoms with Gasteiger partial charge in [-0.3, -0.25) is 0 Å². The fourth-order valence-electron chi connectivity index (χ4n) is 2.11. The second-order valence-corrected chi connectivity index (χ2v) is 4.51. The normalized spacial score (nSPS) is 17.9. The number of fused-ring (bicyclic) bond motifs is 1. The van der Waals surface area contributed by atoms with Crippen molar-refractivity contribution in [3.8, 4) is 0 Å². The number of aliphatic hydroxyl groups is 1. The van der Waals surface area contributed by atoms with Crippen molar-refractivity contribution in [3.63, 3.8) is 0 Å². The van der Waals surface area contributed by atoms with E-state index in [0.29, 0.717) is 11.1 Å². The van der Waals surface area contributed by atoms with Crippen molar-refractivity contribution in [2.24, 2.45) is 0 Å². The molecule has 6 heteroatoms. The predicted octanol–water partition coefficient (Wildman–Crippen LogP) is 1.84. The van der Waals surface area contributed by atoms with E-state index >= 15 is 0 Å². The Labute approximate surface area is 103 Å². The molecule has 1 aliphatic rings. The minimum atomic E-state index is -0.212. The average Bonchev–Trinajstić information content (AvgIpc) is 2.77. The first-order chi connectivity index (χ1) is 8.24. The van der Waals surface area contributed by atoms with Gasteiger partial charge in [-0.15, -0.1) is 0 Å². The van der Waals surface area contributed by atoms with Gasteiger partial charge in [0.25, 0.3) is 0 Å². The number of piperidine rings is 1. The van der Waals surface area contributed by atoms with Gasteiger partial charge in [-0.05, 0) is 24.4 Å². The number of aliphatic hydroxyl groups excluding tert-OH is 1. The molecule has 1 fully saturated rings. The van der Waals surface area contributed by atoms with E-state index in [2.05, 4.69) is 14.9 Å². The van der Waals surface area contributed by atoms with Gasteiger partial charge in [0.05, 0.1) is 12.4 Å². The van der Waals surface area contributed by atoms with Crippen LogP contribution in [0.25, 0.3) is 11.1 Å². The van der Waals surface area contributed by atoms with Crippen LogP contribution in [0.1, 0.15) is 12.8 Å². The molecule has 2 aromatic heterocycles. The number of aromatic nitrogens is 2. The highest BCUT2D eigenvalue weighted by molar-refractivity contribution is 6.28. The molecule has 90 valence electrons. The molecular weight excluding hydrogens is 242 g/mol. The highest BCUT2D eigenvalue weighted by Crippen LogP contribution is 2.28. The largest absolute Gasteiger partial charge is 0.459 e. The first-order valence-corrected chi connectivity index (χ1v) is 5.95. The lowest BCUT2D eigenvalue weighted by Crippen LogP contribution is -2.36. The summed E-state index contributed by atoms with van der Waals surface area (Å²) in [5, 5.41) is 9.72. The zero-order valence-corrected chi connectivity index (χ0v) is 9.89. The molecule has 3 rings (SSSR count). The van der Waals surface area contributed by atoms with E-state index in [1.165, 1.54) is 0 Å². The number of hydrogen-bond acceptors (Lipinski definition) is 5. The minimum absolute atomic E-state index is 0.212. The smallest absolute Gasteiger partial charge is 0.225 e. The van der Waals surface area contributed by atoms with Crippen LogP contribution in [0.2, 0.25) is 5.28 Å². The van der Waals surface area contributed by atoms with Gasteiger partial charge in [-0.25, -0.2) is 4.98 Å². The van der Waals surface area contributed by atoms with Gasteiger partial charge in [-0.1, -0.05) is 0 Å². The summed E-state index contributed by atoms with van der Waals surface area (Å²) in [6, 6.07) is 1.77. The van der Waals surface area contributed by atoms with E-state index in [1.807, 2.05) is 0 Å². The Kier molecular flexibility index (Phi) is 2.64. The summed E-state index contributed by atoms with van der Waals surface area (Å²) >= 11 is 5.89. The van der Waals surface area contributed by atoms with Crippen LogP contribution in [0.3, 0.4) is 0 Å². The van der Waals surface area contributed by atoms with Crippen LogP contribution >= 0.6 is 11.6 Å². The third-order valence-electron chi connectivity index (χ3n) is 3.02. The molecule has 1 saturated heterocycles. The quantitative estimate of drug-likeness (QED) is 0.786. The molecule has 0 aromatic carbocycles. The number of furan rings is 1. The van der Waals surface area contributed by atoms with E-state index in [-0.39, 0.29) is 11.4 Å². The maximum atomic E-state index is 9.49. The van der Waals surface area contributed by atoms with Crippen molar-refractivity contribution in [1.82, 2.24) is 9.97 Å². The molecule has 3 heterocycles. The van der Waals surface area contributed by atoms with Gasteiger partial charge >= 0.3 is 0 Å². The van der Waals surface area contributed by atoms with Gasteiger partial charge < -0.3 is 14.4 Å². The second kappa shape index (κ2) is 4.16. The molecule has 0 radical (unpaired) electrons. The molecule has 17 heavy (non-hydrogen) atoms. The monoisotopic (exact) mass is 253 g/mol. The van der Waals surface area contributed by atoms with Crippen LogP contribution in [0, 0.1) is 0 Å². The molecule has 0 aliphatic carbocycles. The number of nitrogens with zero attached hydrogens (tertiary/aromatic N) is 3. The van der Waals surface area contributed by atoms with Crippen LogP contribution in [0.15, 0.2) is 16.7 Å². The zero-order valence-electron chi connectivity index (χ0n) is 9.14. The Morgan fingerprint density at radius 2 is 2.12 bits per heavy atom. The molecule has 0 saturated carbocycles. The second-order valence-electron chi connectivity index (χ2n) is 4.17. The van der Waals surface area contributed by atoms with Crippen LogP contribution in [-0.2, 0) is 0 Å². The molecule has 0 amide bonds. The first-order valence-electron chi connectivity index (χ1n) is 5.58.